The highest BCUT2D eigenvalue weighted by Gasteiger charge is 2.19. The van der Waals surface area contributed by atoms with Crippen LogP contribution in [0.15, 0.2) is 48.5 Å². The Balaban J connectivity index is 1.69. The summed E-state index contributed by atoms with van der Waals surface area (Å²) < 4.78 is 5.59. The molecule has 1 N–H and O–H groups in total. The van der Waals surface area contributed by atoms with E-state index in [1.54, 1.807) is 29.2 Å². The van der Waals surface area contributed by atoms with Crippen molar-refractivity contribution >= 4 is 23.2 Å². The van der Waals surface area contributed by atoms with Crippen LogP contribution in [0.3, 0.4) is 0 Å². The van der Waals surface area contributed by atoms with Crippen molar-refractivity contribution in [2.45, 2.75) is 39.2 Å². The lowest BCUT2D eigenvalue weighted by atomic mass is 10.1. The minimum Gasteiger partial charge on any atom is -0.491 e. The SMILES string of the molecule is CC(C)Oc1ccc(C(=O)Nc2cccc(N3CCCCC3=O)c2)cc1. The van der Waals surface area contributed by atoms with E-state index in [9.17, 15) is 9.59 Å². The molecule has 3 rings (SSSR count). The first kappa shape index (κ1) is 18.0. The molecule has 5 nitrogen and oxygen atoms in total. The number of hydrogen-bond donors (Lipinski definition) is 1. The summed E-state index contributed by atoms with van der Waals surface area (Å²) in [6.07, 6.45) is 2.63. The van der Waals surface area contributed by atoms with E-state index in [0.29, 0.717) is 17.7 Å². The number of nitrogens with zero attached hydrogens (tertiary/aromatic N) is 1. The third kappa shape index (κ3) is 4.42. The van der Waals surface area contributed by atoms with Crippen molar-refractivity contribution < 1.29 is 14.3 Å². The summed E-state index contributed by atoms with van der Waals surface area (Å²) in [7, 11) is 0. The zero-order chi connectivity index (χ0) is 18.5. The van der Waals surface area contributed by atoms with Crippen molar-refractivity contribution in [3.63, 3.8) is 0 Å². The smallest absolute Gasteiger partial charge is 0.255 e. The number of carbonyl (C=O) groups is 2. The molecule has 0 aromatic heterocycles. The summed E-state index contributed by atoms with van der Waals surface area (Å²) in [4.78, 5) is 26.3. The monoisotopic (exact) mass is 352 g/mol. The number of amides is 2. The average Bonchev–Trinajstić information content (AvgIpc) is 2.62. The first-order valence-corrected chi connectivity index (χ1v) is 9.01. The summed E-state index contributed by atoms with van der Waals surface area (Å²) >= 11 is 0. The fraction of sp³-hybridized carbons (Fsp3) is 0.333. The molecule has 1 aliphatic heterocycles. The van der Waals surface area contributed by atoms with Gasteiger partial charge >= 0.3 is 0 Å². The normalized spacial score (nSPS) is 14.4. The highest BCUT2D eigenvalue weighted by atomic mass is 16.5. The van der Waals surface area contributed by atoms with Crippen LogP contribution < -0.4 is 15.0 Å². The molecule has 0 atom stereocenters. The van der Waals surface area contributed by atoms with Gasteiger partial charge in [-0.3, -0.25) is 9.59 Å². The van der Waals surface area contributed by atoms with Crippen LogP contribution in [0.1, 0.15) is 43.5 Å². The molecule has 0 spiro atoms. The van der Waals surface area contributed by atoms with Gasteiger partial charge < -0.3 is 15.0 Å². The van der Waals surface area contributed by atoms with Gasteiger partial charge in [-0.05, 0) is 69.2 Å². The van der Waals surface area contributed by atoms with Gasteiger partial charge in [-0.25, -0.2) is 0 Å². The van der Waals surface area contributed by atoms with E-state index in [1.807, 2.05) is 38.1 Å². The van der Waals surface area contributed by atoms with Crippen LogP contribution in [0, 0.1) is 0 Å². The van der Waals surface area contributed by atoms with Crippen molar-refractivity contribution in [2.24, 2.45) is 0 Å². The van der Waals surface area contributed by atoms with Gasteiger partial charge in [0.15, 0.2) is 0 Å². The lowest BCUT2D eigenvalue weighted by Crippen LogP contribution is -2.35. The zero-order valence-electron chi connectivity index (χ0n) is 15.2. The summed E-state index contributed by atoms with van der Waals surface area (Å²) in [5, 5.41) is 2.90. The molecule has 0 aliphatic carbocycles. The molecule has 0 bridgehead atoms. The molecular weight excluding hydrogens is 328 g/mol. The number of nitrogens with one attached hydrogen (secondary N) is 1. The molecule has 136 valence electrons. The predicted octanol–water partition coefficient (Wildman–Crippen LogP) is 4.24. The molecule has 1 fully saturated rings. The molecule has 2 aromatic carbocycles. The van der Waals surface area contributed by atoms with Crippen molar-refractivity contribution in [2.75, 3.05) is 16.8 Å². The summed E-state index contributed by atoms with van der Waals surface area (Å²) in [5.74, 6) is 0.686. The predicted molar refractivity (Wildman–Crippen MR) is 103 cm³/mol. The summed E-state index contributed by atoms with van der Waals surface area (Å²) in [6.45, 7) is 4.65. The molecular formula is C21H24N2O3. The maximum atomic E-state index is 12.5. The number of benzene rings is 2. The molecule has 0 unspecified atom stereocenters. The Morgan fingerprint density at radius 1 is 1.12 bits per heavy atom. The van der Waals surface area contributed by atoms with E-state index in [0.717, 1.165) is 30.8 Å². The molecule has 1 saturated heterocycles. The Morgan fingerprint density at radius 2 is 1.88 bits per heavy atom. The van der Waals surface area contributed by atoms with Gasteiger partial charge in [0, 0.05) is 29.9 Å². The van der Waals surface area contributed by atoms with E-state index in [1.165, 1.54) is 0 Å². The van der Waals surface area contributed by atoms with E-state index in [2.05, 4.69) is 5.32 Å². The minimum atomic E-state index is -0.191. The van der Waals surface area contributed by atoms with Gasteiger partial charge in [-0.2, -0.15) is 0 Å². The molecule has 0 saturated carbocycles. The van der Waals surface area contributed by atoms with Crippen molar-refractivity contribution in [1.82, 2.24) is 0 Å². The summed E-state index contributed by atoms with van der Waals surface area (Å²) in [5.41, 5.74) is 2.06. The van der Waals surface area contributed by atoms with Crippen LogP contribution in [-0.4, -0.2) is 24.5 Å². The van der Waals surface area contributed by atoms with E-state index in [-0.39, 0.29) is 17.9 Å². The molecule has 1 heterocycles. The highest BCUT2D eigenvalue weighted by molar-refractivity contribution is 6.04. The Bertz CT molecular complexity index is 784. The van der Waals surface area contributed by atoms with Crippen molar-refractivity contribution in [1.29, 1.82) is 0 Å². The standard InChI is InChI=1S/C21H24N2O3/c1-15(2)26-19-11-9-16(10-12-19)21(25)22-17-6-5-7-18(14-17)23-13-4-3-8-20(23)24/h5-7,9-12,14-15H,3-4,8,13H2,1-2H3,(H,22,25). The van der Waals surface area contributed by atoms with E-state index < -0.39 is 0 Å². The number of carbonyl (C=O) groups excluding carboxylic acids is 2. The maximum absolute atomic E-state index is 12.5. The second kappa shape index (κ2) is 8.04. The van der Waals surface area contributed by atoms with Gasteiger partial charge in [0.1, 0.15) is 5.75 Å². The quantitative estimate of drug-likeness (QED) is 0.875. The molecule has 5 heteroatoms. The van der Waals surface area contributed by atoms with Gasteiger partial charge in [0.2, 0.25) is 5.91 Å². The lowest BCUT2D eigenvalue weighted by Gasteiger charge is -2.27. The van der Waals surface area contributed by atoms with Crippen LogP contribution in [0.25, 0.3) is 0 Å². The topological polar surface area (TPSA) is 58.6 Å². The average molecular weight is 352 g/mol. The number of rotatable bonds is 5. The van der Waals surface area contributed by atoms with Crippen LogP contribution in [0.4, 0.5) is 11.4 Å². The first-order valence-electron chi connectivity index (χ1n) is 9.01. The highest BCUT2D eigenvalue weighted by Crippen LogP contribution is 2.24. The molecule has 0 radical (unpaired) electrons. The Kier molecular flexibility index (Phi) is 5.56. The second-order valence-electron chi connectivity index (χ2n) is 6.70. The number of anilines is 2. The zero-order valence-corrected chi connectivity index (χ0v) is 15.2. The van der Waals surface area contributed by atoms with Gasteiger partial charge in [0.05, 0.1) is 6.10 Å². The Morgan fingerprint density at radius 3 is 2.58 bits per heavy atom. The van der Waals surface area contributed by atoms with Crippen LogP contribution in [-0.2, 0) is 4.79 Å². The van der Waals surface area contributed by atoms with Crippen LogP contribution >= 0.6 is 0 Å². The largest absolute Gasteiger partial charge is 0.491 e. The Labute approximate surface area is 154 Å². The van der Waals surface area contributed by atoms with Crippen molar-refractivity contribution in [3.8, 4) is 5.75 Å². The lowest BCUT2D eigenvalue weighted by molar-refractivity contribution is -0.119. The van der Waals surface area contributed by atoms with Gasteiger partial charge in [-0.15, -0.1) is 0 Å². The third-order valence-electron chi connectivity index (χ3n) is 4.23. The first-order chi connectivity index (χ1) is 12.5. The maximum Gasteiger partial charge on any atom is 0.255 e. The third-order valence-corrected chi connectivity index (χ3v) is 4.23. The van der Waals surface area contributed by atoms with Crippen molar-refractivity contribution in [3.05, 3.63) is 54.1 Å². The fourth-order valence-electron chi connectivity index (χ4n) is 2.99. The number of ether oxygens (including phenoxy) is 1. The molecule has 2 aromatic rings. The van der Waals surface area contributed by atoms with Gasteiger partial charge in [-0.1, -0.05) is 6.07 Å². The molecule has 26 heavy (non-hydrogen) atoms. The number of piperidine rings is 1. The summed E-state index contributed by atoms with van der Waals surface area (Å²) in [6, 6.07) is 14.5. The van der Waals surface area contributed by atoms with Crippen LogP contribution in [0.5, 0.6) is 5.75 Å². The second-order valence-corrected chi connectivity index (χ2v) is 6.70. The van der Waals surface area contributed by atoms with E-state index in [4.69, 9.17) is 4.74 Å². The Hall–Kier alpha value is -2.82. The molecule has 2 amide bonds. The fourth-order valence-corrected chi connectivity index (χ4v) is 2.99. The minimum absolute atomic E-state index is 0.0925. The molecule has 1 aliphatic rings. The van der Waals surface area contributed by atoms with E-state index >= 15 is 0 Å². The van der Waals surface area contributed by atoms with Gasteiger partial charge in [0.25, 0.3) is 5.91 Å². The number of hydrogen-bond acceptors (Lipinski definition) is 3. The van der Waals surface area contributed by atoms with Crippen LogP contribution in [0.2, 0.25) is 0 Å².